The number of aromatic nitrogens is 5. The first-order valence-corrected chi connectivity index (χ1v) is 11.2. The van der Waals surface area contributed by atoms with E-state index in [9.17, 15) is 0 Å². The summed E-state index contributed by atoms with van der Waals surface area (Å²) in [7, 11) is 1.92. The Hall–Kier alpha value is -4.18. The van der Waals surface area contributed by atoms with Gasteiger partial charge in [-0.3, -0.25) is 20.1 Å². The number of hydrogen-bond acceptors (Lipinski definition) is 7. The molecule has 0 saturated heterocycles. The Balaban J connectivity index is 1.44. The van der Waals surface area contributed by atoms with Gasteiger partial charge in [0.1, 0.15) is 5.00 Å². The molecule has 168 valence electrons. The van der Waals surface area contributed by atoms with Crippen LogP contribution >= 0.6 is 11.5 Å². The van der Waals surface area contributed by atoms with E-state index in [0.29, 0.717) is 11.4 Å². The maximum atomic E-state index is 6.21. The first-order chi connectivity index (χ1) is 15.8. The highest BCUT2D eigenvalue weighted by atomic mass is 32.1. The predicted octanol–water partition coefficient (Wildman–Crippen LogP) is 4.84. The topological polar surface area (TPSA) is 128 Å². The molecule has 0 aliphatic carbocycles. The Morgan fingerprint density at radius 1 is 0.848 bits per heavy atom. The third-order valence-corrected chi connectivity index (χ3v) is 5.94. The number of hydrogen-bond donors (Lipinski definition) is 5. The van der Waals surface area contributed by atoms with Crippen LogP contribution in [-0.4, -0.2) is 24.0 Å². The Bertz CT molecular complexity index is 1420. The first-order valence-electron chi connectivity index (χ1n) is 10.4. The van der Waals surface area contributed by atoms with Crippen molar-refractivity contribution in [2.45, 2.75) is 13.8 Å². The van der Waals surface area contributed by atoms with Crippen LogP contribution in [0.1, 0.15) is 11.4 Å². The number of nitrogens with zero attached hydrogens (tertiary/aromatic N) is 4. The SMILES string of the molecule is Cc1cc(N)c2cc(Nc3cn(C)[nH]n(Nc4ccc5nc(C)cc(N)c5c4)s3)ccc2n1. The van der Waals surface area contributed by atoms with Gasteiger partial charge in [0.05, 0.1) is 22.9 Å². The maximum absolute atomic E-state index is 6.21. The van der Waals surface area contributed by atoms with Crippen molar-refractivity contribution in [3.05, 3.63) is 66.1 Å². The summed E-state index contributed by atoms with van der Waals surface area (Å²) in [4.78, 5) is 9.10. The third-order valence-electron chi connectivity index (χ3n) is 5.18. The van der Waals surface area contributed by atoms with Crippen LogP contribution < -0.4 is 22.2 Å². The van der Waals surface area contributed by atoms with E-state index < -0.39 is 0 Å². The molecule has 0 amide bonds. The minimum Gasteiger partial charge on any atom is -0.398 e. The van der Waals surface area contributed by atoms with Gasteiger partial charge in [0.15, 0.2) is 0 Å². The summed E-state index contributed by atoms with van der Waals surface area (Å²) in [5.74, 6) is 0. The normalized spacial score (nSPS) is 11.1. The summed E-state index contributed by atoms with van der Waals surface area (Å²) in [6.07, 6.45) is 1.97. The van der Waals surface area contributed by atoms with E-state index in [1.807, 2.05) is 84.5 Å². The number of benzene rings is 2. The van der Waals surface area contributed by atoms with Gasteiger partial charge in [-0.15, -0.1) is 4.18 Å². The Morgan fingerprint density at radius 3 is 2.06 bits per heavy atom. The fraction of sp³-hybridized carbons (Fsp3) is 0.130. The van der Waals surface area contributed by atoms with Crippen LogP contribution in [0.5, 0.6) is 0 Å². The van der Waals surface area contributed by atoms with E-state index in [1.165, 1.54) is 11.5 Å². The molecule has 0 radical (unpaired) electrons. The van der Waals surface area contributed by atoms with Gasteiger partial charge in [0, 0.05) is 57.8 Å². The molecule has 0 unspecified atom stereocenters. The van der Waals surface area contributed by atoms with Crippen molar-refractivity contribution in [3.63, 3.8) is 0 Å². The van der Waals surface area contributed by atoms with Crippen molar-refractivity contribution in [1.82, 2.24) is 24.0 Å². The minimum atomic E-state index is 0.708. The highest BCUT2D eigenvalue weighted by Crippen LogP contribution is 2.28. The van der Waals surface area contributed by atoms with E-state index in [4.69, 9.17) is 11.5 Å². The molecule has 3 aromatic heterocycles. The van der Waals surface area contributed by atoms with Crippen molar-refractivity contribution in [2.75, 3.05) is 22.2 Å². The zero-order chi connectivity index (χ0) is 23.1. The van der Waals surface area contributed by atoms with Crippen LogP contribution in [0.25, 0.3) is 21.8 Å². The van der Waals surface area contributed by atoms with Crippen LogP contribution in [0.3, 0.4) is 0 Å². The lowest BCUT2D eigenvalue weighted by Crippen LogP contribution is -2.16. The zero-order valence-corrected chi connectivity index (χ0v) is 19.4. The van der Waals surface area contributed by atoms with Crippen molar-refractivity contribution in [2.24, 2.45) is 7.05 Å². The largest absolute Gasteiger partial charge is 0.398 e. The van der Waals surface area contributed by atoms with Crippen molar-refractivity contribution >= 4 is 61.1 Å². The average Bonchev–Trinajstić information content (AvgIpc) is 2.74. The number of aryl methyl sites for hydroxylation is 3. The molecule has 5 rings (SSSR count). The summed E-state index contributed by atoms with van der Waals surface area (Å²) in [5.41, 5.74) is 22.6. The number of H-pyrrole nitrogens is 1. The summed E-state index contributed by atoms with van der Waals surface area (Å²) in [5, 5.41) is 9.42. The molecule has 2 aromatic carbocycles. The summed E-state index contributed by atoms with van der Waals surface area (Å²) < 4.78 is 3.66. The van der Waals surface area contributed by atoms with Gasteiger partial charge in [0.2, 0.25) is 0 Å². The Labute approximate surface area is 194 Å². The molecule has 5 aromatic rings. The highest BCUT2D eigenvalue weighted by molar-refractivity contribution is 7.10. The summed E-state index contributed by atoms with van der Waals surface area (Å²) in [6.45, 7) is 3.88. The lowest BCUT2D eigenvalue weighted by atomic mass is 10.1. The molecule has 0 aliphatic heterocycles. The standard InChI is InChI=1S/C23H25N9S/c1-13-8-19(24)17-10-15(4-6-21(17)26-13)28-23-12-31(3)30-32(33-23)29-16-5-7-22-18(11-16)20(25)9-14(2)27-22/h4-12,28-30H,1-3H3,(H2,24,26)(H2,25,27). The molecule has 7 N–H and O–H groups in total. The highest BCUT2D eigenvalue weighted by Gasteiger charge is 2.06. The summed E-state index contributed by atoms with van der Waals surface area (Å²) in [6, 6.07) is 15.7. The molecule has 10 heteroatoms. The number of anilines is 5. The number of nitrogens with one attached hydrogen (secondary N) is 3. The van der Waals surface area contributed by atoms with Gasteiger partial charge in [0.25, 0.3) is 0 Å². The van der Waals surface area contributed by atoms with Crippen LogP contribution in [0.15, 0.2) is 54.7 Å². The maximum Gasteiger partial charge on any atom is 0.131 e. The molecule has 0 atom stereocenters. The second kappa shape index (κ2) is 8.06. The lowest BCUT2D eigenvalue weighted by Gasteiger charge is -2.15. The number of rotatable bonds is 4. The van der Waals surface area contributed by atoms with E-state index >= 15 is 0 Å². The molecule has 0 spiro atoms. The molecule has 0 bridgehead atoms. The average molecular weight is 460 g/mol. The second-order valence-electron chi connectivity index (χ2n) is 8.00. The van der Waals surface area contributed by atoms with Crippen LogP contribution in [0, 0.1) is 13.8 Å². The second-order valence-corrected chi connectivity index (χ2v) is 8.98. The molecule has 33 heavy (non-hydrogen) atoms. The molecule has 3 heterocycles. The number of aromatic amines is 1. The number of nitrogens with two attached hydrogens (primary N) is 2. The van der Waals surface area contributed by atoms with E-state index in [0.717, 1.165) is 49.6 Å². The van der Waals surface area contributed by atoms with Crippen molar-refractivity contribution in [1.29, 1.82) is 0 Å². The number of pyridine rings is 2. The fourth-order valence-corrected chi connectivity index (χ4v) is 4.67. The van der Waals surface area contributed by atoms with E-state index in [2.05, 4.69) is 25.9 Å². The minimum absolute atomic E-state index is 0.708. The molecule has 9 nitrogen and oxygen atoms in total. The number of fused-ring (bicyclic) bond motifs is 2. The summed E-state index contributed by atoms with van der Waals surface area (Å²) >= 11 is 1.47. The lowest BCUT2D eigenvalue weighted by molar-refractivity contribution is 0.621. The zero-order valence-electron chi connectivity index (χ0n) is 18.5. The van der Waals surface area contributed by atoms with Crippen LogP contribution in [-0.2, 0) is 7.05 Å². The number of nitrogen functional groups attached to an aromatic ring is 2. The Kier molecular flexibility index (Phi) is 5.06. The monoisotopic (exact) mass is 459 g/mol. The van der Waals surface area contributed by atoms with Crippen molar-refractivity contribution < 1.29 is 0 Å². The van der Waals surface area contributed by atoms with Gasteiger partial charge in [-0.05, 0) is 62.4 Å². The fourth-order valence-electron chi connectivity index (χ4n) is 3.78. The predicted molar refractivity (Wildman–Crippen MR) is 137 cm³/mol. The van der Waals surface area contributed by atoms with Gasteiger partial charge >= 0.3 is 0 Å². The van der Waals surface area contributed by atoms with Crippen LogP contribution in [0.2, 0.25) is 0 Å². The van der Waals surface area contributed by atoms with Crippen molar-refractivity contribution in [3.8, 4) is 0 Å². The quantitative estimate of drug-likeness (QED) is 0.262. The van der Waals surface area contributed by atoms with E-state index in [1.54, 1.807) is 0 Å². The van der Waals surface area contributed by atoms with Gasteiger partial charge in [-0.1, -0.05) is 0 Å². The molecule has 0 saturated carbocycles. The molecular weight excluding hydrogens is 434 g/mol. The molecule has 0 aliphatic rings. The van der Waals surface area contributed by atoms with Gasteiger partial charge < -0.3 is 16.8 Å². The first kappa shape index (κ1) is 20.7. The smallest absolute Gasteiger partial charge is 0.131 e. The van der Waals surface area contributed by atoms with E-state index in [-0.39, 0.29) is 0 Å². The molecular formula is C23H25N9S. The molecule has 0 fully saturated rings. The Morgan fingerprint density at radius 2 is 1.42 bits per heavy atom. The third kappa shape index (κ3) is 4.28. The van der Waals surface area contributed by atoms with Crippen LogP contribution in [0.4, 0.5) is 27.8 Å². The van der Waals surface area contributed by atoms with Gasteiger partial charge in [-0.25, -0.2) is 5.21 Å². The van der Waals surface area contributed by atoms with Gasteiger partial charge in [-0.2, -0.15) is 0 Å².